The molecule has 83 heavy (non-hydrogen) atoms. The maximum atomic E-state index is 13.0. The van der Waals surface area contributed by atoms with E-state index in [2.05, 4.69) is 93.7 Å². The van der Waals surface area contributed by atoms with Crippen LogP contribution in [-0.4, -0.2) is 37.2 Å². The first-order valence-corrected chi connectivity index (χ1v) is 36.4. The minimum Gasteiger partial charge on any atom is -0.462 e. The van der Waals surface area contributed by atoms with Crippen molar-refractivity contribution in [1.82, 2.24) is 0 Å². The van der Waals surface area contributed by atoms with E-state index in [1.165, 1.54) is 250 Å². The Kier molecular flexibility index (Phi) is 68.6. The van der Waals surface area contributed by atoms with Gasteiger partial charge in [-0.25, -0.2) is 0 Å². The summed E-state index contributed by atoms with van der Waals surface area (Å²) in [6.07, 6.45) is 93.6. The molecule has 0 aliphatic carbocycles. The lowest BCUT2D eigenvalue weighted by molar-refractivity contribution is -0.167. The van der Waals surface area contributed by atoms with Gasteiger partial charge in [-0.1, -0.05) is 318 Å². The minimum absolute atomic E-state index is 0.0787. The first-order valence-electron chi connectivity index (χ1n) is 36.4. The van der Waals surface area contributed by atoms with Crippen molar-refractivity contribution >= 4 is 17.9 Å². The third-order valence-electron chi connectivity index (χ3n) is 16.2. The van der Waals surface area contributed by atoms with Crippen LogP contribution in [0.5, 0.6) is 0 Å². The van der Waals surface area contributed by atoms with Crippen molar-refractivity contribution in [2.75, 3.05) is 13.2 Å². The van der Waals surface area contributed by atoms with Crippen LogP contribution in [0.3, 0.4) is 0 Å². The van der Waals surface area contributed by atoms with Crippen molar-refractivity contribution in [1.29, 1.82) is 0 Å². The van der Waals surface area contributed by atoms with Crippen LogP contribution < -0.4 is 0 Å². The molecule has 0 bridgehead atoms. The van der Waals surface area contributed by atoms with Gasteiger partial charge in [-0.3, -0.25) is 14.4 Å². The largest absolute Gasteiger partial charge is 0.462 e. The highest BCUT2D eigenvalue weighted by Gasteiger charge is 2.19. The van der Waals surface area contributed by atoms with Crippen LogP contribution in [0.2, 0.25) is 0 Å². The smallest absolute Gasteiger partial charge is 0.306 e. The number of esters is 3. The number of allylic oxidation sites excluding steroid dienone is 12. The molecule has 0 saturated carbocycles. The second-order valence-corrected chi connectivity index (χ2v) is 24.5. The highest BCUT2D eigenvalue weighted by Crippen LogP contribution is 2.17. The molecule has 0 aliphatic rings. The molecule has 6 nitrogen and oxygen atoms in total. The fourth-order valence-corrected chi connectivity index (χ4v) is 10.7. The van der Waals surface area contributed by atoms with Crippen molar-refractivity contribution in [3.63, 3.8) is 0 Å². The van der Waals surface area contributed by atoms with E-state index in [0.29, 0.717) is 19.3 Å². The summed E-state index contributed by atoms with van der Waals surface area (Å²) >= 11 is 0. The Morgan fingerprint density at radius 3 is 0.711 bits per heavy atom. The lowest BCUT2D eigenvalue weighted by Gasteiger charge is -2.18. The number of unbranched alkanes of at least 4 members (excludes halogenated alkanes) is 44. The van der Waals surface area contributed by atoms with Crippen LogP contribution in [0.4, 0.5) is 0 Å². The molecule has 0 aromatic heterocycles. The molecule has 0 heterocycles. The van der Waals surface area contributed by atoms with Gasteiger partial charge in [0.15, 0.2) is 6.10 Å². The number of hydrogen-bond acceptors (Lipinski definition) is 6. The molecule has 0 spiro atoms. The van der Waals surface area contributed by atoms with Crippen molar-refractivity contribution in [3.8, 4) is 0 Å². The molecule has 0 amide bonds. The zero-order valence-corrected chi connectivity index (χ0v) is 55.5. The summed E-state index contributed by atoms with van der Waals surface area (Å²) < 4.78 is 17.0. The Labute approximate surface area is 516 Å². The second-order valence-electron chi connectivity index (χ2n) is 24.5. The lowest BCUT2D eigenvalue weighted by atomic mass is 10.0. The van der Waals surface area contributed by atoms with Crippen LogP contribution in [0.1, 0.15) is 380 Å². The molecular weight excluding hydrogens is 1020 g/mol. The zero-order valence-electron chi connectivity index (χ0n) is 55.5. The van der Waals surface area contributed by atoms with Crippen LogP contribution >= 0.6 is 0 Å². The summed E-state index contributed by atoms with van der Waals surface area (Å²) in [6.45, 7) is 6.64. The summed E-state index contributed by atoms with van der Waals surface area (Å²) in [6, 6.07) is 0. The average molecular weight is 1160 g/mol. The quantitative estimate of drug-likeness (QED) is 0.0261. The van der Waals surface area contributed by atoms with Crippen molar-refractivity contribution in [3.05, 3.63) is 72.9 Å². The van der Waals surface area contributed by atoms with E-state index in [1.807, 2.05) is 0 Å². The van der Waals surface area contributed by atoms with Crippen molar-refractivity contribution in [2.45, 2.75) is 386 Å². The normalized spacial score (nSPS) is 12.5. The predicted octanol–water partition coefficient (Wildman–Crippen LogP) is 25.2. The molecule has 0 saturated heterocycles. The summed E-state index contributed by atoms with van der Waals surface area (Å²) in [5, 5.41) is 0. The van der Waals surface area contributed by atoms with E-state index in [-0.39, 0.29) is 31.1 Å². The molecule has 482 valence electrons. The van der Waals surface area contributed by atoms with E-state index in [1.54, 1.807) is 0 Å². The van der Waals surface area contributed by atoms with E-state index in [4.69, 9.17) is 14.2 Å². The fourth-order valence-electron chi connectivity index (χ4n) is 10.7. The van der Waals surface area contributed by atoms with Crippen LogP contribution in [0, 0.1) is 0 Å². The Hall–Kier alpha value is -3.15. The summed E-state index contributed by atoms with van der Waals surface area (Å²) in [7, 11) is 0. The van der Waals surface area contributed by atoms with Gasteiger partial charge in [0.05, 0.1) is 0 Å². The monoisotopic (exact) mass is 1160 g/mol. The Bertz CT molecular complexity index is 1520. The SMILES string of the molecule is CCCCC/C=C\C/C=C\CCCCCCCC(=O)OCC(COC(=O)CCCCCCCCCCCCCC/C=C\C/C=C\C/C=C\CCCCCCC)OC(=O)CCCCCCCCCCCCC/C=C\CCCCCCCCCC. The van der Waals surface area contributed by atoms with Gasteiger partial charge in [-0.05, 0) is 116 Å². The maximum Gasteiger partial charge on any atom is 0.306 e. The first-order chi connectivity index (χ1) is 41.0. The summed E-state index contributed by atoms with van der Waals surface area (Å²) in [5.74, 6) is -0.874. The molecule has 0 rings (SSSR count). The van der Waals surface area contributed by atoms with E-state index in [0.717, 1.165) is 89.9 Å². The molecule has 1 unspecified atom stereocenters. The zero-order chi connectivity index (χ0) is 59.9. The van der Waals surface area contributed by atoms with Crippen LogP contribution in [0.15, 0.2) is 72.9 Å². The lowest BCUT2D eigenvalue weighted by Crippen LogP contribution is -2.30. The molecule has 0 aliphatic heterocycles. The van der Waals surface area contributed by atoms with Gasteiger partial charge in [-0.15, -0.1) is 0 Å². The average Bonchev–Trinajstić information content (AvgIpc) is 3.49. The summed E-state index contributed by atoms with van der Waals surface area (Å²) in [5.41, 5.74) is 0. The van der Waals surface area contributed by atoms with Gasteiger partial charge in [0.2, 0.25) is 0 Å². The molecule has 0 aromatic rings. The number of hydrogen-bond donors (Lipinski definition) is 0. The first kappa shape index (κ1) is 79.8. The van der Waals surface area contributed by atoms with Gasteiger partial charge in [-0.2, -0.15) is 0 Å². The molecule has 1 atom stereocenters. The van der Waals surface area contributed by atoms with E-state index >= 15 is 0 Å². The minimum atomic E-state index is -0.784. The Morgan fingerprint density at radius 2 is 0.434 bits per heavy atom. The maximum absolute atomic E-state index is 13.0. The van der Waals surface area contributed by atoms with Gasteiger partial charge < -0.3 is 14.2 Å². The Balaban J connectivity index is 4.30. The van der Waals surface area contributed by atoms with Crippen molar-refractivity contribution < 1.29 is 28.6 Å². The molecule has 0 fully saturated rings. The third-order valence-corrected chi connectivity index (χ3v) is 16.2. The van der Waals surface area contributed by atoms with Gasteiger partial charge in [0.1, 0.15) is 13.2 Å². The fraction of sp³-hybridized carbons (Fsp3) is 0.805. The number of ether oxygens (including phenoxy) is 3. The molecule has 0 radical (unpaired) electrons. The molecule has 0 N–H and O–H groups in total. The standard InChI is InChI=1S/C77H138O6/c1-4-7-10-13-16-19-22-25-28-30-32-34-36-37-38-39-41-42-44-46-49-52-55-58-61-64-67-70-76(79)82-73-74(72-81-75(78)69-66-63-60-57-54-51-48-27-24-21-18-15-12-9-6-3)83-77(80)71-68-65-62-59-56-53-50-47-45-43-40-35-33-31-29-26-23-20-17-14-11-8-5-2/h18,21-22,25,27,30-33,36-37,48,74H,4-17,19-20,23-24,26,28-29,34-35,38-47,49-73H2,1-3H3/b21-18-,25-22-,32-30-,33-31-,37-36-,48-27-. The topological polar surface area (TPSA) is 78.9 Å². The molecular formula is C77H138O6. The molecule has 6 heteroatoms. The Morgan fingerprint density at radius 1 is 0.241 bits per heavy atom. The van der Waals surface area contributed by atoms with Gasteiger partial charge >= 0.3 is 17.9 Å². The predicted molar refractivity (Wildman–Crippen MR) is 362 cm³/mol. The highest BCUT2D eigenvalue weighted by atomic mass is 16.6. The number of carbonyl (C=O) groups excluding carboxylic acids is 3. The van der Waals surface area contributed by atoms with Crippen molar-refractivity contribution in [2.24, 2.45) is 0 Å². The highest BCUT2D eigenvalue weighted by molar-refractivity contribution is 5.71. The summed E-state index contributed by atoms with van der Waals surface area (Å²) in [4.78, 5) is 38.5. The molecule has 0 aromatic carbocycles. The van der Waals surface area contributed by atoms with Gasteiger partial charge in [0, 0.05) is 19.3 Å². The number of rotatable bonds is 67. The van der Waals surface area contributed by atoms with Crippen LogP contribution in [0.25, 0.3) is 0 Å². The number of carbonyl (C=O) groups is 3. The third kappa shape index (κ3) is 69.5. The van der Waals surface area contributed by atoms with Crippen LogP contribution in [-0.2, 0) is 28.6 Å². The second kappa shape index (κ2) is 71.3. The van der Waals surface area contributed by atoms with E-state index < -0.39 is 6.10 Å². The van der Waals surface area contributed by atoms with Gasteiger partial charge in [0.25, 0.3) is 0 Å². The van der Waals surface area contributed by atoms with E-state index in [9.17, 15) is 14.4 Å².